The van der Waals surface area contributed by atoms with E-state index in [1.54, 1.807) is 30.6 Å². The Balaban J connectivity index is 1.43. The molecule has 0 bridgehead atoms. The number of amides is 1. The highest BCUT2D eigenvalue weighted by molar-refractivity contribution is 9.10. The Labute approximate surface area is 152 Å². The van der Waals surface area contributed by atoms with Crippen LogP contribution in [-0.4, -0.2) is 15.7 Å². The van der Waals surface area contributed by atoms with Crippen molar-refractivity contribution in [3.8, 4) is 5.69 Å². The van der Waals surface area contributed by atoms with Gasteiger partial charge < -0.3 is 5.32 Å². The lowest BCUT2D eigenvalue weighted by molar-refractivity contribution is -0.117. The molecule has 1 heterocycles. The molecule has 2 unspecified atom stereocenters. The van der Waals surface area contributed by atoms with Crippen LogP contribution in [0.3, 0.4) is 0 Å². The van der Waals surface area contributed by atoms with E-state index in [2.05, 4.69) is 26.3 Å². The van der Waals surface area contributed by atoms with Crippen molar-refractivity contribution in [1.29, 1.82) is 0 Å². The molecule has 6 heteroatoms. The minimum atomic E-state index is -0.429. The summed E-state index contributed by atoms with van der Waals surface area (Å²) in [7, 11) is 0. The Morgan fingerprint density at radius 3 is 2.72 bits per heavy atom. The third-order valence-corrected chi connectivity index (χ3v) is 4.92. The van der Waals surface area contributed by atoms with Gasteiger partial charge in [-0.1, -0.05) is 28.1 Å². The number of nitrogens with one attached hydrogen (secondary N) is 1. The Hall–Kier alpha value is -2.47. The third kappa shape index (κ3) is 3.35. The van der Waals surface area contributed by atoms with Crippen LogP contribution in [0.2, 0.25) is 0 Å². The van der Waals surface area contributed by atoms with E-state index in [4.69, 9.17) is 0 Å². The monoisotopic (exact) mass is 399 g/mol. The minimum Gasteiger partial charge on any atom is -0.326 e. The third-order valence-electron chi connectivity index (χ3n) is 4.39. The van der Waals surface area contributed by atoms with E-state index in [-0.39, 0.29) is 17.7 Å². The molecule has 126 valence electrons. The average molecular weight is 400 g/mol. The highest BCUT2D eigenvalue weighted by Gasteiger charge is 2.43. The fourth-order valence-electron chi connectivity index (χ4n) is 2.98. The molecule has 1 aliphatic carbocycles. The SMILES string of the molecule is O=C(Nc1ccc(-n2cccn2)c(F)c1)C1CC1c1ccc(Br)cc1. The summed E-state index contributed by atoms with van der Waals surface area (Å²) in [5, 5.41) is 6.82. The molecule has 4 rings (SSSR count). The van der Waals surface area contributed by atoms with Crippen LogP contribution in [0.15, 0.2) is 65.4 Å². The van der Waals surface area contributed by atoms with Crippen molar-refractivity contribution in [2.45, 2.75) is 12.3 Å². The fourth-order valence-corrected chi connectivity index (χ4v) is 3.24. The number of aromatic nitrogens is 2. The number of anilines is 1. The number of carbonyl (C=O) groups is 1. The summed E-state index contributed by atoms with van der Waals surface area (Å²) >= 11 is 3.41. The lowest BCUT2D eigenvalue weighted by atomic mass is 10.1. The van der Waals surface area contributed by atoms with E-state index in [0.717, 1.165) is 16.5 Å². The zero-order chi connectivity index (χ0) is 17.4. The van der Waals surface area contributed by atoms with Gasteiger partial charge in [-0.25, -0.2) is 9.07 Å². The van der Waals surface area contributed by atoms with Crippen molar-refractivity contribution >= 4 is 27.5 Å². The van der Waals surface area contributed by atoms with Crippen LogP contribution in [0, 0.1) is 11.7 Å². The largest absolute Gasteiger partial charge is 0.326 e. The molecule has 3 aromatic rings. The number of carbonyl (C=O) groups excluding carboxylic acids is 1. The molecule has 1 saturated carbocycles. The first kappa shape index (κ1) is 16.0. The fraction of sp³-hybridized carbons (Fsp3) is 0.158. The molecule has 1 amide bonds. The van der Waals surface area contributed by atoms with Gasteiger partial charge in [0.05, 0.1) is 0 Å². The normalized spacial score (nSPS) is 18.8. The Morgan fingerprint density at radius 2 is 2.04 bits per heavy atom. The van der Waals surface area contributed by atoms with Gasteiger partial charge in [-0.05, 0) is 54.3 Å². The van der Waals surface area contributed by atoms with Gasteiger partial charge in [0, 0.05) is 28.5 Å². The van der Waals surface area contributed by atoms with Gasteiger partial charge in [-0.15, -0.1) is 0 Å². The van der Waals surface area contributed by atoms with Crippen molar-refractivity contribution in [2.24, 2.45) is 5.92 Å². The molecule has 2 aromatic carbocycles. The lowest BCUT2D eigenvalue weighted by Crippen LogP contribution is -2.15. The summed E-state index contributed by atoms with van der Waals surface area (Å²) in [5.41, 5.74) is 1.96. The van der Waals surface area contributed by atoms with Crippen molar-refractivity contribution in [1.82, 2.24) is 9.78 Å². The Morgan fingerprint density at radius 1 is 1.24 bits per heavy atom. The second-order valence-electron chi connectivity index (χ2n) is 6.11. The van der Waals surface area contributed by atoms with Gasteiger partial charge in [0.15, 0.2) is 5.82 Å². The summed E-state index contributed by atoms with van der Waals surface area (Å²) in [5.74, 6) is -0.322. The van der Waals surface area contributed by atoms with Crippen molar-refractivity contribution < 1.29 is 9.18 Å². The summed E-state index contributed by atoms with van der Waals surface area (Å²) in [6.07, 6.45) is 4.08. The predicted molar refractivity (Wildman–Crippen MR) is 97.1 cm³/mol. The van der Waals surface area contributed by atoms with Crippen LogP contribution < -0.4 is 5.32 Å². The van der Waals surface area contributed by atoms with Crippen LogP contribution in [0.5, 0.6) is 0 Å². The Kier molecular flexibility index (Phi) is 4.13. The number of hydrogen-bond donors (Lipinski definition) is 1. The first-order valence-electron chi connectivity index (χ1n) is 7.98. The van der Waals surface area contributed by atoms with Crippen LogP contribution in [-0.2, 0) is 4.79 Å². The van der Waals surface area contributed by atoms with Crippen LogP contribution in [0.1, 0.15) is 17.9 Å². The molecule has 0 aliphatic heterocycles. The first-order valence-corrected chi connectivity index (χ1v) is 8.77. The highest BCUT2D eigenvalue weighted by atomic mass is 79.9. The predicted octanol–water partition coefficient (Wildman–Crippen LogP) is 4.52. The second-order valence-corrected chi connectivity index (χ2v) is 7.02. The molecule has 1 fully saturated rings. The van der Waals surface area contributed by atoms with E-state index in [1.165, 1.54) is 10.7 Å². The number of rotatable bonds is 4. The zero-order valence-electron chi connectivity index (χ0n) is 13.2. The number of benzene rings is 2. The maximum atomic E-state index is 14.2. The summed E-state index contributed by atoms with van der Waals surface area (Å²) in [6, 6.07) is 14.4. The molecule has 0 saturated heterocycles. The quantitative estimate of drug-likeness (QED) is 0.700. The van der Waals surface area contributed by atoms with Crippen LogP contribution in [0.4, 0.5) is 10.1 Å². The molecule has 2 atom stereocenters. The van der Waals surface area contributed by atoms with Crippen molar-refractivity contribution in [2.75, 3.05) is 5.32 Å². The second kappa shape index (κ2) is 6.44. The zero-order valence-corrected chi connectivity index (χ0v) is 14.8. The molecular formula is C19H15BrFN3O. The smallest absolute Gasteiger partial charge is 0.228 e. The molecule has 25 heavy (non-hydrogen) atoms. The molecule has 0 spiro atoms. The minimum absolute atomic E-state index is 0.0602. The van der Waals surface area contributed by atoms with Gasteiger partial charge >= 0.3 is 0 Å². The first-order chi connectivity index (χ1) is 12.1. The van der Waals surface area contributed by atoms with E-state index in [1.807, 2.05) is 24.3 Å². The van der Waals surface area contributed by atoms with Gasteiger partial charge in [0.1, 0.15) is 5.69 Å². The lowest BCUT2D eigenvalue weighted by Gasteiger charge is -2.08. The average Bonchev–Trinajstić information content (AvgIpc) is 3.22. The van der Waals surface area contributed by atoms with Gasteiger partial charge in [-0.3, -0.25) is 4.79 Å². The maximum Gasteiger partial charge on any atom is 0.228 e. The van der Waals surface area contributed by atoms with E-state index < -0.39 is 5.82 Å². The van der Waals surface area contributed by atoms with Crippen LogP contribution in [0.25, 0.3) is 5.69 Å². The van der Waals surface area contributed by atoms with E-state index in [0.29, 0.717) is 11.4 Å². The number of nitrogens with zero attached hydrogens (tertiary/aromatic N) is 2. The van der Waals surface area contributed by atoms with E-state index in [9.17, 15) is 9.18 Å². The van der Waals surface area contributed by atoms with Gasteiger partial charge in [-0.2, -0.15) is 5.10 Å². The topological polar surface area (TPSA) is 46.9 Å². The molecule has 1 aromatic heterocycles. The molecule has 1 N–H and O–H groups in total. The molecule has 1 aliphatic rings. The molecule has 0 radical (unpaired) electrons. The standard InChI is InChI=1S/C19H15BrFN3O/c20-13-4-2-12(3-5-13)15-11-16(15)19(25)23-14-6-7-18(17(21)10-14)24-9-1-8-22-24/h1-10,15-16H,11H2,(H,23,25). The van der Waals surface area contributed by atoms with Gasteiger partial charge in [0.25, 0.3) is 0 Å². The highest BCUT2D eigenvalue weighted by Crippen LogP contribution is 2.48. The Bertz CT molecular complexity index is 909. The van der Waals surface area contributed by atoms with Crippen molar-refractivity contribution in [3.05, 3.63) is 76.8 Å². The van der Waals surface area contributed by atoms with Crippen molar-refractivity contribution in [3.63, 3.8) is 0 Å². The number of halogens is 2. The number of hydrogen-bond acceptors (Lipinski definition) is 2. The molecular weight excluding hydrogens is 385 g/mol. The summed E-state index contributed by atoms with van der Waals surface area (Å²) in [4.78, 5) is 12.4. The summed E-state index contributed by atoms with van der Waals surface area (Å²) < 4.78 is 16.7. The van der Waals surface area contributed by atoms with Gasteiger partial charge in [0.2, 0.25) is 5.91 Å². The summed E-state index contributed by atoms with van der Waals surface area (Å²) in [6.45, 7) is 0. The van der Waals surface area contributed by atoms with Crippen LogP contribution >= 0.6 is 15.9 Å². The maximum absolute atomic E-state index is 14.2. The van der Waals surface area contributed by atoms with E-state index >= 15 is 0 Å². The molecule has 4 nitrogen and oxygen atoms in total.